The largest absolute Gasteiger partial charge is 0.324 e. The van der Waals surface area contributed by atoms with Gasteiger partial charge in [0.05, 0.1) is 6.20 Å². The van der Waals surface area contributed by atoms with Gasteiger partial charge < -0.3 is 5.73 Å². The predicted octanol–water partition coefficient (Wildman–Crippen LogP) is 1.26. The molecule has 0 aliphatic heterocycles. The molecule has 0 saturated heterocycles. The third kappa shape index (κ3) is 2.04. The molecule has 5 nitrogen and oxygen atoms in total. The third-order valence-corrected chi connectivity index (χ3v) is 2.30. The molecule has 0 unspecified atom stereocenters. The van der Waals surface area contributed by atoms with Crippen LogP contribution in [0.4, 0.5) is 0 Å². The van der Waals surface area contributed by atoms with Gasteiger partial charge in [-0.25, -0.2) is 15.0 Å². The number of hydrogen-bond donors (Lipinski definition) is 1. The van der Waals surface area contributed by atoms with Crippen LogP contribution in [-0.4, -0.2) is 19.9 Å². The molecule has 0 aliphatic carbocycles. The zero-order valence-corrected chi connectivity index (χ0v) is 9.25. The molecule has 2 aromatic rings. The molecule has 0 aromatic carbocycles. The van der Waals surface area contributed by atoms with Crippen molar-refractivity contribution in [3.8, 4) is 11.5 Å². The van der Waals surface area contributed by atoms with E-state index in [-0.39, 0.29) is 6.04 Å². The van der Waals surface area contributed by atoms with E-state index >= 15 is 0 Å². The van der Waals surface area contributed by atoms with E-state index in [1.54, 1.807) is 24.8 Å². The van der Waals surface area contributed by atoms with E-state index in [0.717, 1.165) is 11.3 Å². The fourth-order valence-electron chi connectivity index (χ4n) is 1.46. The summed E-state index contributed by atoms with van der Waals surface area (Å²) < 4.78 is 0. The van der Waals surface area contributed by atoms with E-state index in [1.165, 1.54) is 0 Å². The molecule has 0 fully saturated rings. The van der Waals surface area contributed by atoms with Crippen LogP contribution in [0, 0.1) is 6.92 Å². The molecule has 82 valence electrons. The fraction of sp³-hybridized carbons (Fsp3) is 0.273. The van der Waals surface area contributed by atoms with Crippen molar-refractivity contribution in [3.05, 3.63) is 36.0 Å². The third-order valence-electron chi connectivity index (χ3n) is 2.30. The summed E-state index contributed by atoms with van der Waals surface area (Å²) in [6, 6.07) is -0.0593. The van der Waals surface area contributed by atoms with Crippen molar-refractivity contribution in [2.45, 2.75) is 19.9 Å². The highest BCUT2D eigenvalue weighted by Crippen LogP contribution is 2.16. The van der Waals surface area contributed by atoms with Crippen LogP contribution in [0.2, 0.25) is 0 Å². The zero-order valence-electron chi connectivity index (χ0n) is 9.25. The summed E-state index contributed by atoms with van der Waals surface area (Å²) in [5, 5.41) is 0. The van der Waals surface area contributed by atoms with Crippen LogP contribution >= 0.6 is 0 Å². The molecular weight excluding hydrogens is 202 g/mol. The Bertz CT molecular complexity index is 481. The molecule has 0 aliphatic rings. The van der Waals surface area contributed by atoms with Crippen molar-refractivity contribution >= 4 is 0 Å². The Kier molecular flexibility index (Phi) is 2.87. The van der Waals surface area contributed by atoms with Crippen molar-refractivity contribution in [1.82, 2.24) is 19.9 Å². The first kappa shape index (κ1) is 10.6. The maximum absolute atomic E-state index is 5.80. The predicted molar refractivity (Wildman–Crippen MR) is 60.4 cm³/mol. The number of nitrogens with two attached hydrogens (primary N) is 1. The quantitative estimate of drug-likeness (QED) is 0.816. The lowest BCUT2D eigenvalue weighted by Crippen LogP contribution is -2.09. The van der Waals surface area contributed by atoms with Crippen LogP contribution in [0.5, 0.6) is 0 Å². The smallest absolute Gasteiger partial charge is 0.179 e. The Morgan fingerprint density at radius 2 is 2.00 bits per heavy atom. The number of aryl methyl sites for hydroxylation is 1. The second-order valence-electron chi connectivity index (χ2n) is 3.61. The van der Waals surface area contributed by atoms with Crippen molar-refractivity contribution in [1.29, 1.82) is 0 Å². The van der Waals surface area contributed by atoms with Gasteiger partial charge >= 0.3 is 0 Å². The number of aromatic nitrogens is 4. The normalized spacial score (nSPS) is 12.4. The van der Waals surface area contributed by atoms with E-state index < -0.39 is 0 Å². The number of hydrogen-bond acceptors (Lipinski definition) is 5. The molecule has 2 rings (SSSR count). The maximum atomic E-state index is 5.80. The van der Waals surface area contributed by atoms with Crippen molar-refractivity contribution in [3.63, 3.8) is 0 Å². The summed E-state index contributed by atoms with van der Waals surface area (Å²) in [6.45, 7) is 3.83. The minimum atomic E-state index is -0.0593. The molecule has 0 amide bonds. The van der Waals surface area contributed by atoms with E-state index in [1.807, 2.05) is 13.8 Å². The van der Waals surface area contributed by atoms with Gasteiger partial charge in [0.2, 0.25) is 0 Å². The van der Waals surface area contributed by atoms with Crippen LogP contribution in [0.3, 0.4) is 0 Å². The molecule has 2 aromatic heterocycles. The van der Waals surface area contributed by atoms with Gasteiger partial charge in [-0.2, -0.15) is 0 Å². The van der Waals surface area contributed by atoms with Crippen LogP contribution in [0.1, 0.15) is 24.2 Å². The molecule has 16 heavy (non-hydrogen) atoms. The minimum absolute atomic E-state index is 0.0593. The van der Waals surface area contributed by atoms with E-state index in [2.05, 4.69) is 19.9 Å². The Morgan fingerprint density at radius 3 is 2.56 bits per heavy atom. The van der Waals surface area contributed by atoms with Gasteiger partial charge in [0.15, 0.2) is 5.82 Å². The van der Waals surface area contributed by atoms with Gasteiger partial charge in [0.25, 0.3) is 0 Å². The summed E-state index contributed by atoms with van der Waals surface area (Å²) in [4.78, 5) is 16.7. The topological polar surface area (TPSA) is 77.6 Å². The first-order chi connectivity index (χ1) is 7.68. The van der Waals surface area contributed by atoms with Crippen molar-refractivity contribution in [2.24, 2.45) is 5.73 Å². The Labute approximate surface area is 93.8 Å². The van der Waals surface area contributed by atoms with E-state index in [4.69, 9.17) is 5.73 Å². The summed E-state index contributed by atoms with van der Waals surface area (Å²) in [5.41, 5.74) is 8.30. The molecule has 2 N–H and O–H groups in total. The fourth-order valence-corrected chi connectivity index (χ4v) is 1.46. The lowest BCUT2D eigenvalue weighted by atomic mass is 10.1. The summed E-state index contributed by atoms with van der Waals surface area (Å²) >= 11 is 0. The van der Waals surface area contributed by atoms with Gasteiger partial charge in [-0.1, -0.05) is 0 Å². The Hall–Kier alpha value is -1.88. The second-order valence-corrected chi connectivity index (χ2v) is 3.61. The first-order valence-corrected chi connectivity index (χ1v) is 5.04. The van der Waals surface area contributed by atoms with Gasteiger partial charge in [0.1, 0.15) is 5.69 Å². The highest BCUT2D eigenvalue weighted by molar-refractivity contribution is 5.47. The summed E-state index contributed by atoms with van der Waals surface area (Å²) in [7, 11) is 0. The van der Waals surface area contributed by atoms with E-state index in [9.17, 15) is 0 Å². The first-order valence-electron chi connectivity index (χ1n) is 5.04. The van der Waals surface area contributed by atoms with Crippen LogP contribution in [-0.2, 0) is 0 Å². The monoisotopic (exact) mass is 215 g/mol. The Balaban J connectivity index is 2.43. The van der Waals surface area contributed by atoms with Crippen molar-refractivity contribution < 1.29 is 0 Å². The summed E-state index contributed by atoms with van der Waals surface area (Å²) in [6.07, 6.45) is 6.62. The second kappa shape index (κ2) is 4.32. The lowest BCUT2D eigenvalue weighted by molar-refractivity contribution is 0.789. The van der Waals surface area contributed by atoms with Crippen LogP contribution < -0.4 is 5.73 Å². The van der Waals surface area contributed by atoms with Crippen LogP contribution in [0.15, 0.2) is 24.8 Å². The molecule has 1 atom stereocenters. The van der Waals surface area contributed by atoms with Gasteiger partial charge in [-0.15, -0.1) is 0 Å². The molecule has 0 saturated carbocycles. The van der Waals surface area contributed by atoms with Gasteiger partial charge in [-0.3, -0.25) is 4.98 Å². The molecule has 2 heterocycles. The molecule has 0 spiro atoms. The number of rotatable bonds is 2. The molecule has 0 bridgehead atoms. The maximum Gasteiger partial charge on any atom is 0.179 e. The SMILES string of the molecule is Cc1nc(-c2cnccn2)ncc1[C@@H](C)N. The Morgan fingerprint density at radius 1 is 1.19 bits per heavy atom. The zero-order chi connectivity index (χ0) is 11.5. The van der Waals surface area contributed by atoms with E-state index in [0.29, 0.717) is 11.5 Å². The molecular formula is C11H13N5. The molecule has 0 radical (unpaired) electrons. The lowest BCUT2D eigenvalue weighted by Gasteiger charge is -2.08. The summed E-state index contributed by atoms with van der Waals surface area (Å²) in [5.74, 6) is 0.579. The highest BCUT2D eigenvalue weighted by atomic mass is 14.9. The van der Waals surface area contributed by atoms with Gasteiger partial charge in [-0.05, 0) is 13.8 Å². The van der Waals surface area contributed by atoms with Crippen LogP contribution in [0.25, 0.3) is 11.5 Å². The number of nitrogens with zero attached hydrogens (tertiary/aromatic N) is 4. The average molecular weight is 215 g/mol. The molecule has 5 heteroatoms. The van der Waals surface area contributed by atoms with Crippen molar-refractivity contribution in [2.75, 3.05) is 0 Å². The van der Waals surface area contributed by atoms with Gasteiger partial charge in [0, 0.05) is 35.9 Å². The highest BCUT2D eigenvalue weighted by Gasteiger charge is 2.08. The standard InChI is InChI=1S/C11H13N5/c1-7(12)9-5-15-11(16-8(9)2)10-6-13-3-4-14-10/h3-7H,12H2,1-2H3/t7-/m1/s1. The minimum Gasteiger partial charge on any atom is -0.324 e. The average Bonchev–Trinajstić information content (AvgIpc) is 2.29.